The Balaban J connectivity index is 3.19. The van der Waals surface area contributed by atoms with Gasteiger partial charge < -0.3 is 0 Å². The van der Waals surface area contributed by atoms with Gasteiger partial charge in [0, 0.05) is 16.2 Å². The number of pyridine rings is 1. The number of hydrogen-bond donors (Lipinski definition) is 0. The molecule has 0 aliphatic rings. The van der Waals surface area contributed by atoms with Crippen LogP contribution in [0.1, 0.15) is 42.9 Å². The summed E-state index contributed by atoms with van der Waals surface area (Å²) in [6.45, 7) is 5.69. The van der Waals surface area contributed by atoms with Crippen LogP contribution < -0.4 is 0 Å². The average Bonchev–Trinajstić information content (AvgIpc) is 2.03. The smallest absolute Gasteiger partial charge is 0.178 e. The van der Waals surface area contributed by atoms with Crippen molar-refractivity contribution in [3.8, 4) is 0 Å². The Bertz CT molecular complexity index is 334. The molecular formula is C10H12INO. The highest BCUT2D eigenvalue weighted by molar-refractivity contribution is 14.1. The Kier molecular flexibility index (Phi) is 3.41. The van der Waals surface area contributed by atoms with Crippen molar-refractivity contribution in [2.24, 2.45) is 0 Å². The molecule has 0 saturated heterocycles. The maximum Gasteiger partial charge on any atom is 0.178 e. The van der Waals surface area contributed by atoms with Gasteiger partial charge in [-0.3, -0.25) is 4.79 Å². The van der Waals surface area contributed by atoms with E-state index in [2.05, 4.69) is 41.4 Å². The summed E-state index contributed by atoms with van der Waals surface area (Å²) in [7, 11) is 0. The molecule has 1 aromatic rings. The van der Waals surface area contributed by atoms with Gasteiger partial charge in [-0.15, -0.1) is 0 Å². The largest absolute Gasteiger partial charge is 0.293 e. The predicted molar refractivity (Wildman–Crippen MR) is 61.0 cm³/mol. The molecule has 13 heavy (non-hydrogen) atoms. The highest BCUT2D eigenvalue weighted by atomic mass is 127. The maximum atomic E-state index is 11.1. The average molecular weight is 289 g/mol. The van der Waals surface area contributed by atoms with Crippen LogP contribution in [0.25, 0.3) is 0 Å². The Hall–Kier alpha value is -0.450. The molecule has 3 heteroatoms. The molecule has 0 aliphatic heterocycles. The van der Waals surface area contributed by atoms with Crippen molar-refractivity contribution < 1.29 is 4.79 Å². The fourth-order valence-electron chi connectivity index (χ4n) is 0.993. The summed E-state index contributed by atoms with van der Waals surface area (Å²) < 4.78 is 1.07. The number of nitrogens with zero attached hydrogens (tertiary/aromatic N) is 1. The minimum atomic E-state index is 0.0282. The maximum absolute atomic E-state index is 11.1. The molecule has 1 heterocycles. The zero-order chi connectivity index (χ0) is 10.0. The predicted octanol–water partition coefficient (Wildman–Crippen LogP) is 3.01. The van der Waals surface area contributed by atoms with Crippen molar-refractivity contribution in [1.29, 1.82) is 0 Å². The molecule has 70 valence electrons. The van der Waals surface area contributed by atoms with Crippen molar-refractivity contribution in [1.82, 2.24) is 4.98 Å². The number of carbonyl (C=O) groups is 1. The van der Waals surface area contributed by atoms with E-state index in [-0.39, 0.29) is 5.78 Å². The van der Waals surface area contributed by atoms with E-state index in [4.69, 9.17) is 0 Å². The molecule has 0 aliphatic carbocycles. The third-order valence-corrected chi connectivity index (χ3v) is 2.38. The Morgan fingerprint density at radius 2 is 2.08 bits per heavy atom. The molecule has 0 spiro atoms. The van der Waals surface area contributed by atoms with Crippen LogP contribution in [0.3, 0.4) is 0 Å². The minimum Gasteiger partial charge on any atom is -0.293 e. The van der Waals surface area contributed by atoms with Crippen LogP contribution in [-0.2, 0) is 0 Å². The summed E-state index contributed by atoms with van der Waals surface area (Å²) in [6, 6.07) is 3.83. The fraction of sp³-hybridized carbons (Fsp3) is 0.400. The van der Waals surface area contributed by atoms with Crippen LogP contribution in [-0.4, -0.2) is 10.8 Å². The summed E-state index contributed by atoms with van der Waals surface area (Å²) in [5.41, 5.74) is 1.55. The molecule has 1 aromatic heterocycles. The molecule has 0 aromatic carbocycles. The van der Waals surface area contributed by atoms with E-state index in [9.17, 15) is 4.79 Å². The molecular weight excluding hydrogens is 277 g/mol. The number of Topliss-reactive ketones (excluding diaryl/α,β-unsaturated/α-hetero) is 1. The molecule has 0 saturated carbocycles. The van der Waals surface area contributed by atoms with Crippen LogP contribution in [0.4, 0.5) is 0 Å². The molecule has 0 radical (unpaired) electrons. The summed E-state index contributed by atoms with van der Waals surface area (Å²) in [5, 5.41) is 0. The number of aromatic nitrogens is 1. The first-order chi connectivity index (χ1) is 6.00. The Morgan fingerprint density at radius 3 is 2.54 bits per heavy atom. The summed E-state index contributed by atoms with van der Waals surface area (Å²) in [5.74, 6) is 0.397. The Labute approximate surface area is 91.9 Å². The number of ketones is 1. The summed E-state index contributed by atoms with van der Waals surface area (Å²) in [6.07, 6.45) is 0. The third-order valence-electron chi connectivity index (χ3n) is 1.76. The van der Waals surface area contributed by atoms with E-state index in [1.54, 1.807) is 6.92 Å². The van der Waals surface area contributed by atoms with Crippen LogP contribution >= 0.6 is 22.6 Å². The lowest BCUT2D eigenvalue weighted by Gasteiger charge is -2.06. The van der Waals surface area contributed by atoms with Crippen LogP contribution in [0, 0.1) is 3.57 Å². The van der Waals surface area contributed by atoms with Crippen molar-refractivity contribution in [2.45, 2.75) is 26.7 Å². The zero-order valence-corrected chi connectivity index (χ0v) is 10.1. The molecule has 2 nitrogen and oxygen atoms in total. The zero-order valence-electron chi connectivity index (χ0n) is 7.97. The SMILES string of the molecule is CC(=O)c1cc(I)cc(C(C)C)n1. The fourth-order valence-corrected chi connectivity index (χ4v) is 1.61. The second-order valence-electron chi connectivity index (χ2n) is 3.31. The van der Waals surface area contributed by atoms with Gasteiger partial charge in [-0.2, -0.15) is 0 Å². The van der Waals surface area contributed by atoms with Gasteiger partial charge in [0.1, 0.15) is 5.69 Å². The number of rotatable bonds is 2. The van der Waals surface area contributed by atoms with Crippen molar-refractivity contribution in [3.63, 3.8) is 0 Å². The van der Waals surface area contributed by atoms with Gasteiger partial charge >= 0.3 is 0 Å². The lowest BCUT2D eigenvalue weighted by molar-refractivity contribution is 0.101. The van der Waals surface area contributed by atoms with Gasteiger partial charge in [0.2, 0.25) is 0 Å². The first kappa shape index (κ1) is 10.6. The van der Waals surface area contributed by atoms with E-state index in [0.717, 1.165) is 9.26 Å². The normalized spacial score (nSPS) is 10.5. The molecule has 0 N–H and O–H groups in total. The lowest BCUT2D eigenvalue weighted by Crippen LogP contribution is -2.02. The van der Waals surface area contributed by atoms with Gasteiger partial charge in [-0.1, -0.05) is 13.8 Å². The second kappa shape index (κ2) is 4.17. The van der Waals surface area contributed by atoms with Crippen LogP contribution in [0.5, 0.6) is 0 Å². The van der Waals surface area contributed by atoms with E-state index >= 15 is 0 Å². The van der Waals surface area contributed by atoms with Crippen molar-refractivity contribution >= 4 is 28.4 Å². The first-order valence-electron chi connectivity index (χ1n) is 4.19. The highest BCUT2D eigenvalue weighted by Gasteiger charge is 2.07. The molecule has 0 fully saturated rings. The van der Waals surface area contributed by atoms with Gasteiger partial charge in [0.25, 0.3) is 0 Å². The summed E-state index contributed by atoms with van der Waals surface area (Å²) >= 11 is 2.21. The van der Waals surface area contributed by atoms with Crippen molar-refractivity contribution in [3.05, 3.63) is 27.1 Å². The van der Waals surface area contributed by atoms with Crippen LogP contribution in [0.2, 0.25) is 0 Å². The third kappa shape index (κ3) is 2.76. The minimum absolute atomic E-state index is 0.0282. The van der Waals surface area contributed by atoms with Gasteiger partial charge in [-0.25, -0.2) is 4.98 Å². The topological polar surface area (TPSA) is 30.0 Å². The van der Waals surface area contributed by atoms with E-state index in [0.29, 0.717) is 11.6 Å². The van der Waals surface area contributed by atoms with Crippen LogP contribution in [0.15, 0.2) is 12.1 Å². The molecule has 0 bridgehead atoms. The molecule has 1 rings (SSSR count). The second-order valence-corrected chi connectivity index (χ2v) is 4.55. The first-order valence-corrected chi connectivity index (χ1v) is 5.27. The van der Waals surface area contributed by atoms with E-state index in [1.165, 1.54) is 0 Å². The lowest BCUT2D eigenvalue weighted by atomic mass is 10.1. The Morgan fingerprint density at radius 1 is 1.46 bits per heavy atom. The molecule has 0 unspecified atom stereocenters. The molecule has 0 atom stereocenters. The van der Waals surface area contributed by atoms with Gasteiger partial charge in [-0.05, 0) is 40.6 Å². The quantitative estimate of drug-likeness (QED) is 0.619. The summed E-state index contributed by atoms with van der Waals surface area (Å²) in [4.78, 5) is 15.4. The number of carbonyl (C=O) groups excluding carboxylic acids is 1. The van der Waals surface area contributed by atoms with Gasteiger partial charge in [0.05, 0.1) is 0 Å². The van der Waals surface area contributed by atoms with E-state index < -0.39 is 0 Å². The number of halogens is 1. The number of hydrogen-bond acceptors (Lipinski definition) is 2. The monoisotopic (exact) mass is 289 g/mol. The standard InChI is InChI=1S/C10H12INO/c1-6(2)9-4-8(11)5-10(12-9)7(3)13/h4-6H,1-3H3. The van der Waals surface area contributed by atoms with Gasteiger partial charge in [0.15, 0.2) is 5.78 Å². The highest BCUT2D eigenvalue weighted by Crippen LogP contribution is 2.16. The van der Waals surface area contributed by atoms with E-state index in [1.807, 2.05) is 12.1 Å². The van der Waals surface area contributed by atoms with Crippen molar-refractivity contribution in [2.75, 3.05) is 0 Å². The molecule has 0 amide bonds.